The Hall–Kier alpha value is -2.00. The van der Waals surface area contributed by atoms with Gasteiger partial charge in [0.2, 0.25) is 11.8 Å². The number of aliphatic carboxylic acids is 1. The molecule has 0 aliphatic heterocycles. The van der Waals surface area contributed by atoms with E-state index in [2.05, 4.69) is 10.6 Å². The summed E-state index contributed by atoms with van der Waals surface area (Å²) in [6.45, 7) is 4.28. The maximum absolute atomic E-state index is 11.6. The van der Waals surface area contributed by atoms with Crippen molar-refractivity contribution in [3.8, 4) is 0 Å². The second kappa shape index (κ2) is 13.4. The number of amides is 2. The molecule has 24 heavy (non-hydrogen) atoms. The van der Waals surface area contributed by atoms with Crippen LogP contribution in [0.5, 0.6) is 0 Å². The van der Waals surface area contributed by atoms with Crippen LogP contribution < -0.4 is 10.6 Å². The van der Waals surface area contributed by atoms with Crippen LogP contribution >= 0.6 is 0 Å². The number of carboxylic acid groups (broad SMARTS) is 1. The first-order chi connectivity index (χ1) is 11.4. The van der Waals surface area contributed by atoms with Gasteiger partial charge in [-0.1, -0.05) is 6.92 Å². The lowest BCUT2D eigenvalue weighted by molar-refractivity contribution is -0.142. The van der Waals surface area contributed by atoms with Crippen molar-refractivity contribution in [1.82, 2.24) is 10.6 Å². The van der Waals surface area contributed by atoms with Gasteiger partial charge in [-0.3, -0.25) is 14.4 Å². The van der Waals surface area contributed by atoms with E-state index in [9.17, 15) is 19.2 Å². The maximum Gasteiger partial charge on any atom is 0.326 e. The van der Waals surface area contributed by atoms with Gasteiger partial charge in [0.15, 0.2) is 5.78 Å². The van der Waals surface area contributed by atoms with Crippen molar-refractivity contribution < 1.29 is 33.8 Å². The molecular weight excluding hydrogens is 320 g/mol. The zero-order chi connectivity index (χ0) is 18.4. The predicted molar refractivity (Wildman–Crippen MR) is 84.4 cm³/mol. The molecule has 1 atom stereocenters. The fraction of sp³-hybridized carbons (Fsp3) is 0.733. The molecule has 0 rings (SSSR count). The van der Waals surface area contributed by atoms with E-state index in [1.165, 1.54) is 6.92 Å². The number of carbonyl (C=O) groups excluding carboxylic acids is 3. The number of carboxylic acids is 1. The van der Waals surface area contributed by atoms with Crippen molar-refractivity contribution in [3.63, 3.8) is 0 Å². The standard InChI is InChI=1S/C15H26N2O7/c1-3-13(19)17-12(15(21)22)4-5-14(20)16-6-7-23-8-9-24-10-11(2)18/h12H,3-10H2,1-2H3,(H,16,20)(H,17,19)(H,21,22)/t12-/m0/s1. The fourth-order valence-electron chi connectivity index (χ4n) is 1.62. The number of rotatable bonds is 14. The Balaban J connectivity index is 3.72. The highest BCUT2D eigenvalue weighted by Crippen LogP contribution is 1.99. The SMILES string of the molecule is CCC(=O)N[C@@H](CCC(=O)NCCOCCOCC(C)=O)C(=O)O. The van der Waals surface area contributed by atoms with E-state index in [1.807, 2.05) is 0 Å². The minimum Gasteiger partial charge on any atom is -0.480 e. The largest absolute Gasteiger partial charge is 0.480 e. The first-order valence-corrected chi connectivity index (χ1v) is 7.80. The summed E-state index contributed by atoms with van der Waals surface area (Å²) in [6, 6.07) is -1.07. The van der Waals surface area contributed by atoms with Gasteiger partial charge in [-0.05, 0) is 13.3 Å². The quantitative estimate of drug-likeness (QED) is 0.361. The summed E-state index contributed by atoms with van der Waals surface area (Å²) in [7, 11) is 0. The molecule has 138 valence electrons. The Kier molecular flexibility index (Phi) is 12.3. The lowest BCUT2D eigenvalue weighted by Gasteiger charge is -2.13. The van der Waals surface area contributed by atoms with E-state index < -0.39 is 12.0 Å². The van der Waals surface area contributed by atoms with E-state index in [-0.39, 0.29) is 56.6 Å². The van der Waals surface area contributed by atoms with Crippen LogP contribution in [-0.2, 0) is 28.7 Å². The van der Waals surface area contributed by atoms with Crippen molar-refractivity contribution in [2.75, 3.05) is 33.0 Å². The highest BCUT2D eigenvalue weighted by molar-refractivity contribution is 5.84. The van der Waals surface area contributed by atoms with Gasteiger partial charge in [0.1, 0.15) is 12.6 Å². The molecule has 0 unspecified atom stereocenters. The number of hydrogen-bond acceptors (Lipinski definition) is 6. The Bertz CT molecular complexity index is 426. The van der Waals surface area contributed by atoms with Crippen LogP contribution in [0.2, 0.25) is 0 Å². The lowest BCUT2D eigenvalue weighted by atomic mass is 10.1. The van der Waals surface area contributed by atoms with Gasteiger partial charge in [0, 0.05) is 19.4 Å². The minimum atomic E-state index is -1.17. The normalized spacial score (nSPS) is 11.6. The van der Waals surface area contributed by atoms with Gasteiger partial charge in [-0.15, -0.1) is 0 Å². The van der Waals surface area contributed by atoms with Crippen molar-refractivity contribution >= 4 is 23.6 Å². The second-order valence-corrected chi connectivity index (χ2v) is 5.07. The molecule has 0 fully saturated rings. The Morgan fingerprint density at radius 2 is 1.71 bits per heavy atom. The van der Waals surface area contributed by atoms with Crippen LogP contribution in [0.15, 0.2) is 0 Å². The Labute approximate surface area is 141 Å². The Morgan fingerprint density at radius 1 is 1.04 bits per heavy atom. The number of nitrogens with one attached hydrogen (secondary N) is 2. The van der Waals surface area contributed by atoms with Crippen LogP contribution in [0.1, 0.15) is 33.1 Å². The van der Waals surface area contributed by atoms with Crippen LogP contribution in [0.3, 0.4) is 0 Å². The molecule has 0 aliphatic rings. The molecule has 0 heterocycles. The second-order valence-electron chi connectivity index (χ2n) is 5.07. The zero-order valence-electron chi connectivity index (χ0n) is 14.1. The van der Waals surface area contributed by atoms with Crippen molar-refractivity contribution in [2.45, 2.75) is 39.2 Å². The predicted octanol–water partition coefficient (Wildman–Crippen LogP) is -0.516. The van der Waals surface area contributed by atoms with Crippen LogP contribution in [0, 0.1) is 0 Å². The molecule has 0 radical (unpaired) electrons. The van der Waals surface area contributed by atoms with Gasteiger partial charge in [-0.25, -0.2) is 4.79 Å². The molecule has 2 amide bonds. The molecule has 0 saturated heterocycles. The summed E-state index contributed by atoms with van der Waals surface area (Å²) in [5.41, 5.74) is 0. The fourth-order valence-corrected chi connectivity index (χ4v) is 1.62. The highest BCUT2D eigenvalue weighted by atomic mass is 16.5. The van der Waals surface area contributed by atoms with Gasteiger partial charge in [-0.2, -0.15) is 0 Å². The summed E-state index contributed by atoms with van der Waals surface area (Å²) < 4.78 is 10.2. The molecule has 0 aromatic heterocycles. The highest BCUT2D eigenvalue weighted by Gasteiger charge is 2.20. The number of ether oxygens (including phenoxy) is 2. The minimum absolute atomic E-state index is 0.0112. The number of hydrogen-bond donors (Lipinski definition) is 3. The monoisotopic (exact) mass is 346 g/mol. The molecule has 0 saturated carbocycles. The topological polar surface area (TPSA) is 131 Å². The molecule has 0 bridgehead atoms. The van der Waals surface area contributed by atoms with E-state index in [0.717, 1.165) is 0 Å². The third kappa shape index (κ3) is 12.5. The van der Waals surface area contributed by atoms with E-state index >= 15 is 0 Å². The molecular formula is C15H26N2O7. The van der Waals surface area contributed by atoms with Gasteiger partial charge in [0.25, 0.3) is 0 Å². The number of carbonyl (C=O) groups is 4. The number of ketones is 1. The lowest BCUT2D eigenvalue weighted by Crippen LogP contribution is -2.41. The summed E-state index contributed by atoms with van der Waals surface area (Å²) in [5.74, 6) is -1.91. The summed E-state index contributed by atoms with van der Waals surface area (Å²) in [5, 5.41) is 13.9. The van der Waals surface area contributed by atoms with Gasteiger partial charge in [0.05, 0.1) is 19.8 Å². The van der Waals surface area contributed by atoms with Crippen molar-refractivity contribution in [1.29, 1.82) is 0 Å². The van der Waals surface area contributed by atoms with Crippen LogP contribution in [-0.4, -0.2) is 67.7 Å². The van der Waals surface area contributed by atoms with E-state index in [1.54, 1.807) is 6.92 Å². The van der Waals surface area contributed by atoms with Crippen molar-refractivity contribution in [2.24, 2.45) is 0 Å². The third-order valence-corrected chi connectivity index (χ3v) is 2.86. The smallest absolute Gasteiger partial charge is 0.326 e. The van der Waals surface area contributed by atoms with Crippen LogP contribution in [0.4, 0.5) is 0 Å². The van der Waals surface area contributed by atoms with Gasteiger partial charge >= 0.3 is 5.97 Å². The first kappa shape index (κ1) is 22.0. The van der Waals surface area contributed by atoms with E-state index in [4.69, 9.17) is 14.6 Å². The molecule has 0 aliphatic carbocycles. The molecule has 0 aromatic rings. The molecule has 9 nitrogen and oxygen atoms in total. The molecule has 0 aromatic carbocycles. The molecule has 0 spiro atoms. The van der Waals surface area contributed by atoms with Gasteiger partial charge < -0.3 is 25.2 Å². The van der Waals surface area contributed by atoms with E-state index in [0.29, 0.717) is 13.2 Å². The average molecular weight is 346 g/mol. The average Bonchev–Trinajstić information content (AvgIpc) is 2.52. The Morgan fingerprint density at radius 3 is 2.29 bits per heavy atom. The number of Topliss-reactive ketones (excluding diaryl/α,β-unsaturated/α-hetero) is 1. The third-order valence-electron chi connectivity index (χ3n) is 2.86. The molecule has 9 heteroatoms. The first-order valence-electron chi connectivity index (χ1n) is 7.80. The maximum atomic E-state index is 11.6. The summed E-state index contributed by atoms with van der Waals surface area (Å²) in [4.78, 5) is 44.4. The van der Waals surface area contributed by atoms with Crippen molar-refractivity contribution in [3.05, 3.63) is 0 Å². The summed E-state index contributed by atoms with van der Waals surface area (Å²) >= 11 is 0. The zero-order valence-corrected chi connectivity index (χ0v) is 14.1. The van der Waals surface area contributed by atoms with Crippen LogP contribution in [0.25, 0.3) is 0 Å². The molecule has 3 N–H and O–H groups in total. The summed E-state index contributed by atoms with van der Waals surface area (Å²) in [6.07, 6.45) is 0.193.